The summed E-state index contributed by atoms with van der Waals surface area (Å²) in [4.78, 5) is 0. The maximum atomic E-state index is 6.13. The summed E-state index contributed by atoms with van der Waals surface area (Å²) in [6.07, 6.45) is -0.0995. The van der Waals surface area contributed by atoms with Crippen molar-refractivity contribution in [2.24, 2.45) is 0 Å². The van der Waals surface area contributed by atoms with Gasteiger partial charge in [-0.15, -0.1) is 5.10 Å². The fourth-order valence-corrected chi connectivity index (χ4v) is 2.41. The Morgan fingerprint density at radius 3 is 2.73 bits per heavy atom. The predicted molar refractivity (Wildman–Crippen MR) is 83.1 cm³/mol. The Hall–Kier alpha value is -2.05. The molecule has 1 fully saturated rings. The van der Waals surface area contributed by atoms with Crippen LogP contribution in [-0.4, -0.2) is 34.9 Å². The van der Waals surface area contributed by atoms with Crippen LogP contribution in [0.15, 0.2) is 30.3 Å². The molecule has 2 heterocycles. The van der Waals surface area contributed by atoms with E-state index in [1.54, 1.807) is 4.68 Å². The van der Waals surface area contributed by atoms with Gasteiger partial charge in [-0.2, -0.15) is 0 Å². The molecule has 118 valence electrons. The van der Waals surface area contributed by atoms with Crippen LogP contribution in [0.5, 0.6) is 5.88 Å². The van der Waals surface area contributed by atoms with E-state index in [1.807, 2.05) is 51.1 Å². The van der Waals surface area contributed by atoms with E-state index in [9.17, 15) is 0 Å². The van der Waals surface area contributed by atoms with Crippen LogP contribution >= 0.6 is 0 Å². The van der Waals surface area contributed by atoms with E-state index < -0.39 is 5.79 Å². The normalized spacial score (nSPS) is 20.2. The summed E-state index contributed by atoms with van der Waals surface area (Å²) in [7, 11) is 0. The number of para-hydroxylation sites is 1. The smallest absolute Gasteiger partial charge is 0.238 e. The monoisotopic (exact) mass is 303 g/mol. The molecule has 0 bridgehead atoms. The Morgan fingerprint density at radius 1 is 1.36 bits per heavy atom. The number of nitrogens with two attached hydrogens (primary N) is 1. The largest absolute Gasteiger partial charge is 0.473 e. The summed E-state index contributed by atoms with van der Waals surface area (Å²) >= 11 is 0. The minimum atomic E-state index is -0.550. The maximum Gasteiger partial charge on any atom is 0.238 e. The van der Waals surface area contributed by atoms with E-state index in [4.69, 9.17) is 19.9 Å². The third kappa shape index (κ3) is 2.93. The number of ether oxygens (including phenoxy) is 3. The van der Waals surface area contributed by atoms with Gasteiger partial charge in [0.2, 0.25) is 5.88 Å². The number of rotatable bonds is 4. The highest BCUT2D eigenvalue weighted by Gasteiger charge is 2.33. The van der Waals surface area contributed by atoms with Crippen LogP contribution < -0.4 is 10.5 Å². The molecule has 1 aliphatic rings. The Labute approximate surface area is 129 Å². The van der Waals surface area contributed by atoms with Crippen LogP contribution in [0.4, 0.5) is 5.82 Å². The lowest BCUT2D eigenvalue weighted by molar-refractivity contribution is -0.141. The number of nitrogen functional groups attached to an aromatic ring is 1. The first-order chi connectivity index (χ1) is 10.5. The van der Waals surface area contributed by atoms with Crippen molar-refractivity contribution in [3.05, 3.63) is 35.9 Å². The minimum absolute atomic E-state index is 0.0995. The van der Waals surface area contributed by atoms with E-state index in [0.717, 1.165) is 11.3 Å². The number of benzene rings is 1. The van der Waals surface area contributed by atoms with Gasteiger partial charge in [0.25, 0.3) is 0 Å². The summed E-state index contributed by atoms with van der Waals surface area (Å²) in [5, 5.41) is 4.45. The molecule has 22 heavy (non-hydrogen) atoms. The number of aromatic nitrogens is 2. The zero-order valence-corrected chi connectivity index (χ0v) is 13.1. The van der Waals surface area contributed by atoms with Crippen molar-refractivity contribution in [1.29, 1.82) is 0 Å². The molecule has 2 N–H and O–H groups in total. The molecule has 0 spiro atoms. The quantitative estimate of drug-likeness (QED) is 0.938. The standard InChI is InChI=1S/C16H21N3O3/c1-11-14(17)19(12-7-5-4-6-8-12)18-15(11)20-9-13-10-21-16(2,3)22-13/h4-8,13H,9-10,17H2,1-3H3/t13-/m1/s1. The van der Waals surface area contributed by atoms with Gasteiger partial charge < -0.3 is 19.9 Å². The van der Waals surface area contributed by atoms with Gasteiger partial charge in [-0.05, 0) is 32.9 Å². The first-order valence-corrected chi connectivity index (χ1v) is 7.31. The van der Waals surface area contributed by atoms with Crippen molar-refractivity contribution in [3.63, 3.8) is 0 Å². The Balaban J connectivity index is 1.73. The minimum Gasteiger partial charge on any atom is -0.473 e. The fourth-order valence-electron chi connectivity index (χ4n) is 2.41. The molecule has 0 unspecified atom stereocenters. The first-order valence-electron chi connectivity index (χ1n) is 7.31. The lowest BCUT2D eigenvalue weighted by Gasteiger charge is -2.16. The van der Waals surface area contributed by atoms with Crippen LogP contribution in [0.2, 0.25) is 0 Å². The number of hydrogen-bond donors (Lipinski definition) is 1. The zero-order chi connectivity index (χ0) is 15.7. The van der Waals surface area contributed by atoms with E-state index in [1.165, 1.54) is 0 Å². The molecule has 1 aromatic heterocycles. The average Bonchev–Trinajstić information content (AvgIpc) is 2.99. The summed E-state index contributed by atoms with van der Waals surface area (Å²) in [5.74, 6) is 0.547. The molecule has 6 nitrogen and oxygen atoms in total. The second-order valence-corrected chi connectivity index (χ2v) is 5.82. The molecular weight excluding hydrogens is 282 g/mol. The van der Waals surface area contributed by atoms with Crippen LogP contribution in [-0.2, 0) is 9.47 Å². The van der Waals surface area contributed by atoms with Gasteiger partial charge in [-0.1, -0.05) is 18.2 Å². The summed E-state index contributed by atoms with van der Waals surface area (Å²) in [5.41, 5.74) is 7.85. The fraction of sp³-hybridized carbons (Fsp3) is 0.438. The third-order valence-electron chi connectivity index (χ3n) is 3.60. The van der Waals surface area contributed by atoms with Gasteiger partial charge in [0.15, 0.2) is 5.79 Å². The molecule has 1 saturated heterocycles. The van der Waals surface area contributed by atoms with E-state index in [2.05, 4.69) is 5.10 Å². The highest BCUT2D eigenvalue weighted by molar-refractivity contribution is 5.51. The van der Waals surface area contributed by atoms with Crippen LogP contribution in [0.3, 0.4) is 0 Å². The number of hydrogen-bond acceptors (Lipinski definition) is 5. The van der Waals surface area contributed by atoms with Crippen molar-refractivity contribution >= 4 is 5.82 Å². The van der Waals surface area contributed by atoms with Crippen LogP contribution in [0.25, 0.3) is 5.69 Å². The Kier molecular flexibility index (Phi) is 3.80. The number of nitrogens with zero attached hydrogens (tertiary/aromatic N) is 2. The van der Waals surface area contributed by atoms with Crippen molar-refractivity contribution in [2.75, 3.05) is 18.9 Å². The van der Waals surface area contributed by atoms with E-state index >= 15 is 0 Å². The van der Waals surface area contributed by atoms with Crippen molar-refractivity contribution in [2.45, 2.75) is 32.7 Å². The van der Waals surface area contributed by atoms with Gasteiger partial charge in [0.1, 0.15) is 18.5 Å². The molecule has 0 amide bonds. The highest BCUT2D eigenvalue weighted by Crippen LogP contribution is 2.27. The van der Waals surface area contributed by atoms with Gasteiger partial charge in [-0.25, -0.2) is 4.68 Å². The Bertz CT molecular complexity index is 652. The zero-order valence-electron chi connectivity index (χ0n) is 13.1. The van der Waals surface area contributed by atoms with E-state index in [0.29, 0.717) is 24.9 Å². The Morgan fingerprint density at radius 2 is 2.09 bits per heavy atom. The van der Waals surface area contributed by atoms with Gasteiger partial charge in [0.05, 0.1) is 17.9 Å². The SMILES string of the molecule is Cc1c(OC[C@@H]2COC(C)(C)O2)nn(-c2ccccc2)c1N. The molecule has 0 aliphatic carbocycles. The molecule has 1 aromatic carbocycles. The second-order valence-electron chi connectivity index (χ2n) is 5.82. The molecule has 1 atom stereocenters. The van der Waals surface area contributed by atoms with Crippen LogP contribution in [0, 0.1) is 6.92 Å². The van der Waals surface area contributed by atoms with Crippen molar-refractivity contribution in [3.8, 4) is 11.6 Å². The van der Waals surface area contributed by atoms with Crippen molar-refractivity contribution < 1.29 is 14.2 Å². The topological polar surface area (TPSA) is 71.5 Å². The molecule has 2 aromatic rings. The van der Waals surface area contributed by atoms with Crippen molar-refractivity contribution in [1.82, 2.24) is 9.78 Å². The molecule has 3 rings (SSSR count). The van der Waals surface area contributed by atoms with Gasteiger partial charge in [0, 0.05) is 0 Å². The summed E-state index contributed by atoms with van der Waals surface area (Å²) in [6.45, 7) is 6.57. The van der Waals surface area contributed by atoms with Gasteiger partial charge in [-0.3, -0.25) is 0 Å². The second kappa shape index (κ2) is 5.62. The highest BCUT2D eigenvalue weighted by atomic mass is 16.7. The molecule has 6 heteroatoms. The first kappa shape index (κ1) is 14.9. The third-order valence-corrected chi connectivity index (χ3v) is 3.60. The molecule has 0 saturated carbocycles. The maximum absolute atomic E-state index is 6.13. The van der Waals surface area contributed by atoms with Crippen LogP contribution in [0.1, 0.15) is 19.4 Å². The molecular formula is C16H21N3O3. The van der Waals surface area contributed by atoms with E-state index in [-0.39, 0.29) is 6.10 Å². The lowest BCUT2D eigenvalue weighted by Crippen LogP contribution is -2.25. The summed E-state index contributed by atoms with van der Waals surface area (Å²) in [6, 6.07) is 9.73. The predicted octanol–water partition coefficient (Wildman–Crippen LogP) is 2.29. The molecule has 0 radical (unpaired) electrons. The summed E-state index contributed by atoms with van der Waals surface area (Å²) < 4.78 is 18.7. The average molecular weight is 303 g/mol. The number of anilines is 1. The van der Waals surface area contributed by atoms with Gasteiger partial charge >= 0.3 is 0 Å². The lowest BCUT2D eigenvalue weighted by atomic mass is 10.3. The molecule has 1 aliphatic heterocycles.